The Kier molecular flexibility index (Phi) is 4.13. The number of hydrogen-bond donors (Lipinski definition) is 1. The molecule has 1 aromatic carbocycles. The summed E-state index contributed by atoms with van der Waals surface area (Å²) in [5.41, 5.74) is 1.13. The van der Waals surface area contributed by atoms with Gasteiger partial charge in [-0.15, -0.1) is 0 Å². The molecule has 3 saturated heterocycles. The van der Waals surface area contributed by atoms with Crippen molar-refractivity contribution in [2.75, 3.05) is 31.6 Å². The molecule has 3 atom stereocenters. The van der Waals surface area contributed by atoms with E-state index in [0.29, 0.717) is 6.54 Å². The number of benzene rings is 1. The number of amides is 3. The van der Waals surface area contributed by atoms with E-state index in [1.54, 1.807) is 11.9 Å². The van der Waals surface area contributed by atoms with Crippen LogP contribution in [0.2, 0.25) is 0 Å². The number of anilines is 1. The topological polar surface area (TPSA) is 59.1 Å². The van der Waals surface area contributed by atoms with Gasteiger partial charge in [0.25, 0.3) is 5.91 Å². The lowest BCUT2D eigenvalue weighted by Gasteiger charge is -2.43. The maximum atomic E-state index is 13.0. The highest BCUT2D eigenvalue weighted by atomic mass is 16.2. The van der Waals surface area contributed by atoms with E-state index < -0.39 is 0 Å². The van der Waals surface area contributed by atoms with Gasteiger partial charge in [0.05, 0.1) is 0 Å². The molecule has 3 fully saturated rings. The molecule has 3 unspecified atom stereocenters. The van der Waals surface area contributed by atoms with E-state index in [0.717, 1.165) is 31.6 Å². The first-order valence-electron chi connectivity index (χ1n) is 9.05. The van der Waals surface area contributed by atoms with Crippen LogP contribution in [0.25, 0.3) is 0 Å². The number of likely N-dealkylation sites (N-methyl/N-ethyl adjacent to an activating group) is 1. The summed E-state index contributed by atoms with van der Waals surface area (Å²) in [5.74, 6) is -0.0696. The van der Waals surface area contributed by atoms with Crippen molar-refractivity contribution in [3.63, 3.8) is 0 Å². The van der Waals surface area contributed by atoms with Gasteiger partial charge in [0.1, 0.15) is 18.5 Å². The highest BCUT2D eigenvalue weighted by Crippen LogP contribution is 2.32. The first kappa shape index (κ1) is 16.4. The summed E-state index contributed by atoms with van der Waals surface area (Å²) >= 11 is 0. The number of carbonyl (C=O) groups is 2. The molecule has 0 aromatic heterocycles. The lowest BCUT2D eigenvalue weighted by molar-refractivity contribution is -0.138. The zero-order valence-corrected chi connectivity index (χ0v) is 14.8. The van der Waals surface area contributed by atoms with Gasteiger partial charge in [-0.2, -0.15) is 0 Å². The minimum absolute atomic E-state index is 0.0630. The molecule has 0 spiro atoms. The molecule has 3 heterocycles. The molecule has 0 aliphatic carbocycles. The van der Waals surface area contributed by atoms with Crippen LogP contribution in [0.4, 0.5) is 10.5 Å². The molecule has 0 radical (unpaired) electrons. The Morgan fingerprint density at radius 2 is 1.92 bits per heavy atom. The average molecular weight is 343 g/mol. The normalized spacial score (nSPS) is 29.8. The summed E-state index contributed by atoms with van der Waals surface area (Å²) in [6, 6.07) is 9.73. The molecule has 0 bridgehead atoms. The van der Waals surface area contributed by atoms with Crippen LogP contribution in [0.3, 0.4) is 0 Å². The van der Waals surface area contributed by atoms with Gasteiger partial charge in [-0.05, 0) is 25.0 Å². The van der Waals surface area contributed by atoms with Gasteiger partial charge in [-0.1, -0.05) is 25.1 Å². The fourth-order valence-electron chi connectivity index (χ4n) is 4.23. The number of fused-ring (bicyclic) bond motifs is 3. The minimum atomic E-state index is -0.314. The molecule has 0 saturated carbocycles. The predicted molar refractivity (Wildman–Crippen MR) is 94.8 cm³/mol. The zero-order valence-electron chi connectivity index (χ0n) is 14.8. The van der Waals surface area contributed by atoms with Gasteiger partial charge in [0.2, 0.25) is 0 Å². The molecule has 3 amide bonds. The summed E-state index contributed by atoms with van der Waals surface area (Å²) in [4.78, 5) is 33.2. The quantitative estimate of drug-likeness (QED) is 0.890. The van der Waals surface area contributed by atoms with E-state index in [9.17, 15) is 9.59 Å². The monoisotopic (exact) mass is 343 g/mol. The van der Waals surface area contributed by atoms with E-state index in [-0.39, 0.29) is 30.4 Å². The predicted octanol–water partition coefficient (Wildman–Crippen LogP) is 1.08. The molecule has 7 heteroatoms. The minimum Gasteiger partial charge on any atom is -0.343 e. The highest BCUT2D eigenvalue weighted by molar-refractivity contribution is 6.00. The molecule has 7 nitrogen and oxygen atoms in total. The lowest BCUT2D eigenvalue weighted by Crippen LogP contribution is -2.66. The molecular weight excluding hydrogens is 318 g/mol. The number of urea groups is 1. The van der Waals surface area contributed by atoms with Crippen molar-refractivity contribution in [3.8, 4) is 0 Å². The second kappa shape index (κ2) is 6.31. The fourth-order valence-corrected chi connectivity index (χ4v) is 4.23. The number of nitrogens with one attached hydrogen (secondary N) is 1. The second-order valence-corrected chi connectivity index (χ2v) is 6.93. The van der Waals surface area contributed by atoms with Gasteiger partial charge >= 0.3 is 6.03 Å². The van der Waals surface area contributed by atoms with Crippen LogP contribution in [0.5, 0.6) is 0 Å². The van der Waals surface area contributed by atoms with Crippen molar-refractivity contribution in [2.45, 2.75) is 38.3 Å². The van der Waals surface area contributed by atoms with Gasteiger partial charge in [-0.3, -0.25) is 19.9 Å². The maximum absolute atomic E-state index is 13.0. The standard InChI is InChI=1S/C18H25N5O2/c1-3-10-23-16(24)14-15(20(2)18(23)25)19-17-21(11-7-12-22(14)17)13-8-5-4-6-9-13/h4-6,8-9,14-15,17,19H,3,7,10-12H2,1-2H3. The van der Waals surface area contributed by atoms with Crippen molar-refractivity contribution in [2.24, 2.45) is 0 Å². The Balaban J connectivity index is 1.65. The van der Waals surface area contributed by atoms with E-state index in [4.69, 9.17) is 0 Å². The van der Waals surface area contributed by atoms with Crippen molar-refractivity contribution < 1.29 is 9.59 Å². The third-order valence-electron chi connectivity index (χ3n) is 5.40. The molecule has 1 N–H and O–H groups in total. The lowest BCUT2D eigenvalue weighted by atomic mass is 10.1. The van der Waals surface area contributed by atoms with E-state index in [1.165, 1.54) is 4.90 Å². The third kappa shape index (κ3) is 2.49. The van der Waals surface area contributed by atoms with Gasteiger partial charge < -0.3 is 9.80 Å². The maximum Gasteiger partial charge on any atom is 0.327 e. The summed E-state index contributed by atoms with van der Waals surface area (Å²) in [7, 11) is 1.79. The zero-order chi connectivity index (χ0) is 17.6. The van der Waals surface area contributed by atoms with Crippen molar-refractivity contribution in [1.29, 1.82) is 0 Å². The third-order valence-corrected chi connectivity index (χ3v) is 5.40. The number of imide groups is 1. The van der Waals surface area contributed by atoms with Crippen LogP contribution in [0, 0.1) is 0 Å². The molecule has 4 rings (SSSR count). The summed E-state index contributed by atoms with van der Waals surface area (Å²) in [5, 5.41) is 3.53. The molecule has 3 aliphatic heterocycles. The SMILES string of the molecule is CCCN1C(=O)C2C(NC3N(c4ccccc4)CCCN23)N(C)C1=O. The number of rotatable bonds is 3. The van der Waals surface area contributed by atoms with Gasteiger partial charge in [0.15, 0.2) is 0 Å². The number of carbonyl (C=O) groups excluding carboxylic acids is 2. The van der Waals surface area contributed by atoms with E-state index in [2.05, 4.69) is 27.2 Å². The molecule has 1 aromatic rings. The van der Waals surface area contributed by atoms with Crippen molar-refractivity contribution >= 4 is 17.6 Å². The summed E-state index contributed by atoms with van der Waals surface area (Å²) < 4.78 is 0. The van der Waals surface area contributed by atoms with E-state index in [1.807, 2.05) is 25.1 Å². The Bertz CT molecular complexity index is 667. The number of nitrogens with zero attached hydrogens (tertiary/aromatic N) is 4. The van der Waals surface area contributed by atoms with Crippen LogP contribution in [0.1, 0.15) is 19.8 Å². The highest BCUT2D eigenvalue weighted by Gasteiger charge is 2.55. The Labute approximate surface area is 148 Å². The van der Waals surface area contributed by atoms with Gasteiger partial charge in [0, 0.05) is 32.4 Å². The largest absolute Gasteiger partial charge is 0.343 e. The number of para-hydroxylation sites is 1. The van der Waals surface area contributed by atoms with E-state index >= 15 is 0 Å². The number of hydrogen-bond acceptors (Lipinski definition) is 5. The summed E-state index contributed by atoms with van der Waals surface area (Å²) in [6.45, 7) is 4.25. The van der Waals surface area contributed by atoms with Crippen LogP contribution < -0.4 is 10.2 Å². The fraction of sp³-hybridized carbons (Fsp3) is 0.556. The van der Waals surface area contributed by atoms with Gasteiger partial charge in [-0.25, -0.2) is 4.79 Å². The average Bonchev–Trinajstić information content (AvgIpc) is 3.04. The van der Waals surface area contributed by atoms with Crippen molar-refractivity contribution in [1.82, 2.24) is 20.0 Å². The molecule has 25 heavy (non-hydrogen) atoms. The Hall–Kier alpha value is -2.12. The van der Waals surface area contributed by atoms with Crippen LogP contribution >= 0.6 is 0 Å². The van der Waals surface area contributed by atoms with Crippen LogP contribution in [0.15, 0.2) is 30.3 Å². The first-order valence-corrected chi connectivity index (χ1v) is 9.05. The summed E-state index contributed by atoms with van der Waals surface area (Å²) in [6.07, 6.45) is 1.43. The first-order chi connectivity index (χ1) is 12.1. The second-order valence-electron chi connectivity index (χ2n) is 6.93. The molecule has 3 aliphatic rings. The van der Waals surface area contributed by atoms with Crippen LogP contribution in [-0.2, 0) is 4.79 Å². The Morgan fingerprint density at radius 3 is 2.64 bits per heavy atom. The smallest absolute Gasteiger partial charge is 0.327 e. The van der Waals surface area contributed by atoms with Crippen molar-refractivity contribution in [3.05, 3.63) is 30.3 Å². The Morgan fingerprint density at radius 1 is 1.16 bits per heavy atom. The molecular formula is C18H25N5O2. The van der Waals surface area contributed by atoms with Crippen LogP contribution in [-0.4, -0.2) is 71.8 Å². The molecule has 134 valence electrons.